The van der Waals surface area contributed by atoms with Crippen molar-refractivity contribution in [3.8, 4) is 11.8 Å². The Kier molecular flexibility index (Phi) is 6.84. The lowest BCUT2D eigenvalue weighted by Gasteiger charge is -2.34. The van der Waals surface area contributed by atoms with Crippen molar-refractivity contribution in [3.05, 3.63) is 89.4 Å². The van der Waals surface area contributed by atoms with Crippen molar-refractivity contribution in [2.45, 2.75) is 0 Å². The summed E-state index contributed by atoms with van der Waals surface area (Å²) in [5.74, 6) is -0.0792. The summed E-state index contributed by atoms with van der Waals surface area (Å²) in [6.07, 6.45) is 4.29. The van der Waals surface area contributed by atoms with Gasteiger partial charge in [0.1, 0.15) is 6.07 Å². The first kappa shape index (κ1) is 24.7. The summed E-state index contributed by atoms with van der Waals surface area (Å²) in [5.41, 5.74) is 3.48. The van der Waals surface area contributed by atoms with Crippen LogP contribution in [0.3, 0.4) is 0 Å². The quantitative estimate of drug-likeness (QED) is 0.383. The maximum Gasteiger partial charge on any atom is 0.247 e. The van der Waals surface area contributed by atoms with Crippen molar-refractivity contribution in [1.29, 1.82) is 5.26 Å². The van der Waals surface area contributed by atoms with Crippen molar-refractivity contribution in [2.24, 2.45) is 0 Å². The van der Waals surface area contributed by atoms with Gasteiger partial charge in [-0.3, -0.25) is 9.59 Å². The van der Waals surface area contributed by atoms with Crippen LogP contribution in [0.5, 0.6) is 0 Å². The molecule has 1 aliphatic rings. The Bertz CT molecular complexity index is 1630. The summed E-state index contributed by atoms with van der Waals surface area (Å²) in [7, 11) is 2.10. The Morgan fingerprint density at radius 3 is 2.68 bits per heavy atom. The van der Waals surface area contributed by atoms with Gasteiger partial charge in [-0.05, 0) is 49.5 Å². The van der Waals surface area contributed by atoms with E-state index in [2.05, 4.69) is 50.1 Å². The molecule has 3 heterocycles. The number of carbonyl (C=O) groups excluding carboxylic acids is 1. The number of nitriles is 1. The second-order valence-corrected chi connectivity index (χ2v) is 8.98. The van der Waals surface area contributed by atoms with Crippen LogP contribution >= 0.6 is 0 Å². The summed E-state index contributed by atoms with van der Waals surface area (Å²) < 4.78 is 1.74. The number of amides is 1. The summed E-state index contributed by atoms with van der Waals surface area (Å²) in [6.45, 7) is 7.22. The molecule has 2 aromatic carbocycles. The van der Waals surface area contributed by atoms with Crippen LogP contribution in [-0.4, -0.2) is 58.6 Å². The second kappa shape index (κ2) is 10.5. The van der Waals surface area contributed by atoms with E-state index in [4.69, 9.17) is 0 Å². The lowest BCUT2D eigenvalue weighted by atomic mass is 10.1. The van der Waals surface area contributed by atoms with E-state index in [0.717, 1.165) is 31.9 Å². The summed E-state index contributed by atoms with van der Waals surface area (Å²) in [6, 6.07) is 16.6. The van der Waals surface area contributed by atoms with Gasteiger partial charge < -0.3 is 25.0 Å². The third kappa shape index (κ3) is 5.09. The van der Waals surface area contributed by atoms with E-state index >= 15 is 0 Å². The van der Waals surface area contributed by atoms with Crippen molar-refractivity contribution < 1.29 is 4.79 Å². The SMILES string of the molecule is C=CC(=O)Nc1cccc(-n2ccc(=O)c3cnc(Nc4ccc(N5CCN(C)CC5)cc4C#N)nc32)c1. The van der Waals surface area contributed by atoms with Gasteiger partial charge in [-0.15, -0.1) is 0 Å². The molecule has 0 atom stereocenters. The number of likely N-dealkylation sites (N-methyl/N-ethyl adjacent to an activating group) is 1. The first-order chi connectivity index (χ1) is 18.4. The molecule has 0 unspecified atom stereocenters. The van der Waals surface area contributed by atoms with Gasteiger partial charge in [-0.1, -0.05) is 12.6 Å². The minimum absolute atomic E-state index is 0.215. The van der Waals surface area contributed by atoms with E-state index in [1.807, 2.05) is 24.3 Å². The fraction of sp³-hybridized carbons (Fsp3) is 0.179. The number of rotatable bonds is 6. The van der Waals surface area contributed by atoms with E-state index in [1.54, 1.807) is 29.0 Å². The molecule has 5 rings (SSSR count). The number of nitrogens with one attached hydrogen (secondary N) is 2. The third-order valence-corrected chi connectivity index (χ3v) is 6.45. The molecule has 0 spiro atoms. The molecule has 1 aliphatic heterocycles. The fourth-order valence-electron chi connectivity index (χ4n) is 4.34. The van der Waals surface area contributed by atoms with Gasteiger partial charge in [-0.2, -0.15) is 10.2 Å². The van der Waals surface area contributed by atoms with Gasteiger partial charge in [0.15, 0.2) is 11.1 Å². The molecule has 1 fully saturated rings. The molecule has 10 heteroatoms. The zero-order valence-corrected chi connectivity index (χ0v) is 20.9. The first-order valence-corrected chi connectivity index (χ1v) is 12.1. The number of anilines is 4. The van der Waals surface area contributed by atoms with E-state index in [9.17, 15) is 14.9 Å². The van der Waals surface area contributed by atoms with Gasteiger partial charge in [0, 0.05) is 61.7 Å². The number of nitrogens with zero attached hydrogens (tertiary/aromatic N) is 6. The summed E-state index contributed by atoms with van der Waals surface area (Å²) in [5, 5.41) is 16.0. The Morgan fingerprint density at radius 2 is 1.92 bits per heavy atom. The van der Waals surface area contributed by atoms with Crippen LogP contribution in [0.15, 0.2) is 78.4 Å². The van der Waals surface area contributed by atoms with E-state index < -0.39 is 0 Å². The molecule has 0 radical (unpaired) electrons. The smallest absolute Gasteiger partial charge is 0.247 e. The highest BCUT2D eigenvalue weighted by Gasteiger charge is 2.16. The number of fused-ring (bicyclic) bond motifs is 1. The molecular weight excluding hydrogens is 480 g/mol. The van der Waals surface area contributed by atoms with Gasteiger partial charge in [0.2, 0.25) is 11.9 Å². The van der Waals surface area contributed by atoms with Crippen molar-refractivity contribution in [3.63, 3.8) is 0 Å². The Morgan fingerprint density at radius 1 is 1.11 bits per heavy atom. The molecule has 10 nitrogen and oxygen atoms in total. The maximum atomic E-state index is 12.6. The average Bonchev–Trinajstić information content (AvgIpc) is 2.94. The monoisotopic (exact) mass is 506 g/mol. The van der Waals surface area contributed by atoms with Crippen LogP contribution in [0, 0.1) is 11.3 Å². The number of benzene rings is 2. The van der Waals surface area contributed by atoms with Gasteiger partial charge in [-0.25, -0.2) is 4.98 Å². The number of hydrogen-bond acceptors (Lipinski definition) is 8. The second-order valence-electron chi connectivity index (χ2n) is 8.98. The predicted molar refractivity (Wildman–Crippen MR) is 148 cm³/mol. The number of hydrogen-bond donors (Lipinski definition) is 2. The standard InChI is InChI=1S/C28H26N8O2/c1-3-26(38)31-20-5-4-6-22(16-20)36-10-9-25(37)23-18-30-28(33-27(23)36)32-24-8-7-21(15-19(24)17-29)35-13-11-34(2)12-14-35/h3-10,15-16,18H,1,11-14H2,2H3,(H,31,38)(H,30,32,33). The summed E-state index contributed by atoms with van der Waals surface area (Å²) in [4.78, 5) is 37.8. The predicted octanol–water partition coefficient (Wildman–Crippen LogP) is 3.27. The molecule has 190 valence electrons. The molecule has 1 amide bonds. The third-order valence-electron chi connectivity index (χ3n) is 6.45. The molecule has 0 bridgehead atoms. The van der Waals surface area contributed by atoms with Crippen LogP contribution in [0.1, 0.15) is 5.56 Å². The maximum absolute atomic E-state index is 12.6. The van der Waals surface area contributed by atoms with Crippen molar-refractivity contribution in [2.75, 3.05) is 48.8 Å². The summed E-state index contributed by atoms with van der Waals surface area (Å²) >= 11 is 0. The van der Waals surface area contributed by atoms with Crippen LogP contribution in [0.4, 0.5) is 23.0 Å². The minimum atomic E-state index is -0.326. The lowest BCUT2D eigenvalue weighted by Crippen LogP contribution is -2.44. The zero-order valence-electron chi connectivity index (χ0n) is 20.9. The van der Waals surface area contributed by atoms with Gasteiger partial charge >= 0.3 is 0 Å². The largest absolute Gasteiger partial charge is 0.369 e. The van der Waals surface area contributed by atoms with Crippen molar-refractivity contribution >= 4 is 40.0 Å². The molecule has 0 saturated carbocycles. The molecule has 0 aliphatic carbocycles. The number of pyridine rings is 1. The molecule has 2 aromatic heterocycles. The number of carbonyl (C=O) groups is 1. The first-order valence-electron chi connectivity index (χ1n) is 12.1. The molecule has 38 heavy (non-hydrogen) atoms. The van der Waals surface area contributed by atoms with Gasteiger partial charge in [0.25, 0.3) is 0 Å². The van der Waals surface area contributed by atoms with E-state index in [0.29, 0.717) is 33.7 Å². The topological polar surface area (TPSA) is 119 Å². The Hall–Kier alpha value is -5.01. The van der Waals surface area contributed by atoms with Crippen LogP contribution in [-0.2, 0) is 4.79 Å². The normalized spacial score (nSPS) is 13.6. The molecule has 1 saturated heterocycles. The highest BCUT2D eigenvalue weighted by atomic mass is 16.1. The number of aromatic nitrogens is 3. The molecule has 2 N–H and O–H groups in total. The highest BCUT2D eigenvalue weighted by Crippen LogP contribution is 2.26. The zero-order chi connectivity index (χ0) is 26.6. The lowest BCUT2D eigenvalue weighted by molar-refractivity contribution is -0.111. The van der Waals surface area contributed by atoms with E-state index in [1.165, 1.54) is 18.3 Å². The van der Waals surface area contributed by atoms with Crippen LogP contribution < -0.4 is 21.0 Å². The van der Waals surface area contributed by atoms with E-state index in [-0.39, 0.29) is 17.3 Å². The fourth-order valence-corrected chi connectivity index (χ4v) is 4.34. The Balaban J connectivity index is 1.48. The minimum Gasteiger partial charge on any atom is -0.369 e. The van der Waals surface area contributed by atoms with Gasteiger partial charge in [0.05, 0.1) is 16.6 Å². The molecular formula is C28H26N8O2. The highest BCUT2D eigenvalue weighted by molar-refractivity contribution is 5.99. The van der Waals surface area contributed by atoms with Crippen molar-refractivity contribution in [1.82, 2.24) is 19.4 Å². The number of piperazine rings is 1. The Labute approximate surface area is 219 Å². The molecule has 4 aromatic rings. The van der Waals surface area contributed by atoms with Crippen LogP contribution in [0.25, 0.3) is 16.7 Å². The average molecular weight is 507 g/mol. The van der Waals surface area contributed by atoms with Crippen LogP contribution in [0.2, 0.25) is 0 Å².